The number of hydrogen-bond acceptors (Lipinski definition) is 4. The second-order valence-electron chi connectivity index (χ2n) is 9.16. The van der Waals surface area contributed by atoms with Crippen molar-refractivity contribution in [3.05, 3.63) is 64.7 Å². The van der Waals surface area contributed by atoms with Crippen LogP contribution >= 0.6 is 11.6 Å². The van der Waals surface area contributed by atoms with Gasteiger partial charge in [-0.05, 0) is 68.0 Å². The Morgan fingerprint density at radius 2 is 1.79 bits per heavy atom. The lowest BCUT2D eigenvalue weighted by Gasteiger charge is -2.34. The number of halogens is 1. The highest BCUT2D eigenvalue weighted by Gasteiger charge is 2.47. The van der Waals surface area contributed by atoms with Crippen LogP contribution in [0, 0.1) is 5.92 Å². The molecule has 33 heavy (non-hydrogen) atoms. The summed E-state index contributed by atoms with van der Waals surface area (Å²) in [6.07, 6.45) is 5.93. The van der Waals surface area contributed by atoms with Crippen molar-refractivity contribution in [3.63, 3.8) is 0 Å². The fourth-order valence-electron chi connectivity index (χ4n) is 5.15. The number of amides is 2. The first-order valence-corrected chi connectivity index (χ1v) is 13.6. The zero-order chi connectivity index (χ0) is 23.8. The lowest BCUT2D eigenvalue weighted by molar-refractivity contribution is -0.125. The molecule has 4 atom stereocenters. The van der Waals surface area contributed by atoms with Crippen molar-refractivity contribution in [2.45, 2.75) is 62.0 Å². The smallest absolute Gasteiger partial charge is 0.254 e. The second kappa shape index (κ2) is 9.47. The van der Waals surface area contributed by atoms with Gasteiger partial charge in [0.1, 0.15) is 6.04 Å². The summed E-state index contributed by atoms with van der Waals surface area (Å²) in [6.45, 7) is 1.86. The molecule has 0 radical (unpaired) electrons. The number of carbonyl (C=O) groups is 2. The number of sulfone groups is 1. The minimum Gasteiger partial charge on any atom is -0.348 e. The summed E-state index contributed by atoms with van der Waals surface area (Å²) in [5.41, 5.74) is 1.30. The van der Waals surface area contributed by atoms with E-state index in [1.165, 1.54) is 0 Å². The highest BCUT2D eigenvalue weighted by atomic mass is 35.5. The van der Waals surface area contributed by atoms with Crippen molar-refractivity contribution in [1.29, 1.82) is 0 Å². The van der Waals surface area contributed by atoms with Gasteiger partial charge in [0.25, 0.3) is 5.91 Å². The van der Waals surface area contributed by atoms with Gasteiger partial charge in [0.15, 0.2) is 9.84 Å². The van der Waals surface area contributed by atoms with Crippen LogP contribution in [-0.2, 0) is 14.6 Å². The predicted octanol–water partition coefficient (Wildman–Crippen LogP) is 4.39. The molecule has 4 rings (SSSR count). The van der Waals surface area contributed by atoms with Gasteiger partial charge in [0, 0.05) is 22.9 Å². The van der Waals surface area contributed by atoms with Gasteiger partial charge in [-0.25, -0.2) is 8.42 Å². The van der Waals surface area contributed by atoms with Gasteiger partial charge in [-0.1, -0.05) is 42.6 Å². The Hall–Kier alpha value is -2.38. The van der Waals surface area contributed by atoms with Crippen molar-refractivity contribution in [2.24, 2.45) is 5.92 Å². The maximum absolute atomic E-state index is 13.5. The first-order valence-electron chi connectivity index (χ1n) is 11.3. The Morgan fingerprint density at radius 1 is 1.09 bits per heavy atom. The zero-order valence-electron chi connectivity index (χ0n) is 18.8. The van der Waals surface area contributed by atoms with Crippen molar-refractivity contribution in [1.82, 2.24) is 10.2 Å². The normalized spacial score (nSPS) is 23.6. The molecule has 1 saturated carbocycles. The lowest BCUT2D eigenvalue weighted by atomic mass is 9.84. The number of fused-ring (bicyclic) bond motifs is 1. The van der Waals surface area contributed by atoms with Crippen LogP contribution in [0.2, 0.25) is 5.02 Å². The van der Waals surface area contributed by atoms with E-state index in [0.29, 0.717) is 22.9 Å². The number of carbonyl (C=O) groups excluding carboxylic acids is 2. The van der Waals surface area contributed by atoms with E-state index >= 15 is 0 Å². The Labute approximate surface area is 200 Å². The fraction of sp³-hybridized carbons (Fsp3) is 0.440. The average Bonchev–Trinajstić information content (AvgIpc) is 3.18. The Balaban J connectivity index is 1.55. The van der Waals surface area contributed by atoms with E-state index in [-0.39, 0.29) is 28.8 Å². The maximum atomic E-state index is 13.5. The first kappa shape index (κ1) is 23.8. The highest BCUT2D eigenvalue weighted by Crippen LogP contribution is 2.41. The molecule has 2 amide bonds. The summed E-state index contributed by atoms with van der Waals surface area (Å²) in [5, 5.41) is 3.54. The number of likely N-dealkylation sites (tertiary alicyclic amines) is 1. The molecule has 8 heteroatoms. The maximum Gasteiger partial charge on any atom is 0.254 e. The van der Waals surface area contributed by atoms with E-state index in [1.54, 1.807) is 53.4 Å². The molecule has 2 fully saturated rings. The molecule has 1 saturated heterocycles. The molecule has 0 bridgehead atoms. The molecule has 0 spiro atoms. The minimum absolute atomic E-state index is 0.0605. The van der Waals surface area contributed by atoms with Crippen LogP contribution in [0.4, 0.5) is 0 Å². The van der Waals surface area contributed by atoms with Gasteiger partial charge >= 0.3 is 0 Å². The van der Waals surface area contributed by atoms with Gasteiger partial charge < -0.3 is 10.2 Å². The SMILES string of the molecule is CC(NC(=O)C1CC2CCCCC2N1C(=O)c1cccc(Cl)c1)c1ccc(S(C)(=O)=O)cc1. The van der Waals surface area contributed by atoms with Crippen molar-refractivity contribution in [2.75, 3.05) is 6.26 Å². The van der Waals surface area contributed by atoms with Crippen LogP contribution in [-0.4, -0.2) is 43.5 Å². The third-order valence-corrected chi connectivity index (χ3v) is 8.23. The molecule has 2 aromatic carbocycles. The number of benzene rings is 2. The highest BCUT2D eigenvalue weighted by molar-refractivity contribution is 7.90. The molecule has 2 aliphatic rings. The van der Waals surface area contributed by atoms with Gasteiger partial charge in [-0.15, -0.1) is 0 Å². The number of nitrogens with one attached hydrogen (secondary N) is 1. The summed E-state index contributed by atoms with van der Waals surface area (Å²) in [7, 11) is -3.28. The number of nitrogens with zero attached hydrogens (tertiary/aromatic N) is 1. The standard InChI is InChI=1S/C25H29ClN2O4S/c1-16(17-10-12-21(13-11-17)33(2,31)32)27-24(29)23-15-18-6-3-4-9-22(18)28(23)25(30)19-7-5-8-20(26)14-19/h5,7-8,10-14,16,18,22-23H,3-4,6,9,15H2,1-2H3,(H,27,29). The fourth-order valence-corrected chi connectivity index (χ4v) is 5.97. The largest absolute Gasteiger partial charge is 0.348 e. The van der Waals surface area contributed by atoms with Crippen molar-refractivity contribution in [3.8, 4) is 0 Å². The number of rotatable bonds is 5. The van der Waals surface area contributed by atoms with Crippen LogP contribution in [0.5, 0.6) is 0 Å². The molecule has 1 aliphatic heterocycles. The molecule has 0 aromatic heterocycles. The summed E-state index contributed by atoms with van der Waals surface area (Å²) >= 11 is 6.12. The molecular weight excluding hydrogens is 460 g/mol. The summed E-state index contributed by atoms with van der Waals surface area (Å²) in [6, 6.07) is 12.6. The van der Waals surface area contributed by atoms with Crippen LogP contribution < -0.4 is 5.32 Å². The zero-order valence-corrected chi connectivity index (χ0v) is 20.4. The van der Waals surface area contributed by atoms with E-state index in [1.807, 2.05) is 6.92 Å². The number of hydrogen-bond donors (Lipinski definition) is 1. The molecular formula is C25H29ClN2O4S. The Bertz CT molecular complexity index is 1150. The van der Waals surface area contributed by atoms with E-state index in [9.17, 15) is 18.0 Å². The van der Waals surface area contributed by atoms with E-state index in [2.05, 4.69) is 5.32 Å². The Morgan fingerprint density at radius 3 is 2.45 bits per heavy atom. The first-order chi connectivity index (χ1) is 15.6. The van der Waals surface area contributed by atoms with Crippen molar-refractivity contribution < 1.29 is 18.0 Å². The lowest BCUT2D eigenvalue weighted by Crippen LogP contribution is -2.50. The van der Waals surface area contributed by atoms with E-state index < -0.39 is 15.9 Å². The third kappa shape index (κ3) is 5.09. The average molecular weight is 489 g/mol. The summed E-state index contributed by atoms with van der Waals surface area (Å²) in [5.74, 6) is -0.0151. The van der Waals surface area contributed by atoms with Crippen molar-refractivity contribution >= 4 is 33.3 Å². The van der Waals surface area contributed by atoms with E-state index in [4.69, 9.17) is 11.6 Å². The van der Waals surface area contributed by atoms with Crippen LogP contribution in [0.3, 0.4) is 0 Å². The topological polar surface area (TPSA) is 83.6 Å². The molecule has 2 aromatic rings. The van der Waals surface area contributed by atoms with Gasteiger partial charge in [0.2, 0.25) is 5.91 Å². The second-order valence-corrected chi connectivity index (χ2v) is 11.6. The van der Waals surface area contributed by atoms with Crippen LogP contribution in [0.15, 0.2) is 53.4 Å². The Kier molecular flexibility index (Phi) is 6.82. The van der Waals surface area contributed by atoms with Gasteiger partial charge in [0.05, 0.1) is 10.9 Å². The molecule has 1 heterocycles. The third-order valence-electron chi connectivity index (χ3n) is 6.86. The quantitative estimate of drug-likeness (QED) is 0.676. The minimum atomic E-state index is -3.28. The molecule has 176 valence electrons. The van der Waals surface area contributed by atoms with Gasteiger partial charge in [-0.2, -0.15) is 0 Å². The monoisotopic (exact) mass is 488 g/mol. The van der Waals surface area contributed by atoms with Crippen LogP contribution in [0.25, 0.3) is 0 Å². The molecule has 1 N–H and O–H groups in total. The molecule has 6 nitrogen and oxygen atoms in total. The molecule has 1 aliphatic carbocycles. The van der Waals surface area contributed by atoms with E-state index in [0.717, 1.165) is 37.5 Å². The summed E-state index contributed by atoms with van der Waals surface area (Å²) in [4.78, 5) is 28.9. The van der Waals surface area contributed by atoms with Gasteiger partial charge in [-0.3, -0.25) is 9.59 Å². The van der Waals surface area contributed by atoms with Crippen LogP contribution in [0.1, 0.15) is 61.0 Å². The molecule has 4 unspecified atom stereocenters. The predicted molar refractivity (Wildman–Crippen MR) is 128 cm³/mol. The summed E-state index contributed by atoms with van der Waals surface area (Å²) < 4.78 is 23.4.